The lowest BCUT2D eigenvalue weighted by Gasteiger charge is -2.13. The van der Waals surface area contributed by atoms with Crippen molar-refractivity contribution in [3.05, 3.63) is 48.0 Å². The Balaban J connectivity index is 2.33. The summed E-state index contributed by atoms with van der Waals surface area (Å²) in [6, 6.07) is 11.8. The molecule has 0 aliphatic rings. The quantitative estimate of drug-likeness (QED) is 0.840. The van der Waals surface area contributed by atoms with E-state index >= 15 is 0 Å². The van der Waals surface area contributed by atoms with E-state index in [0.717, 1.165) is 5.56 Å². The van der Waals surface area contributed by atoms with Crippen LogP contribution in [0.15, 0.2) is 47.4 Å². The molecule has 0 heterocycles. The maximum atomic E-state index is 12.5. The Morgan fingerprint density at radius 2 is 1.65 bits per heavy atom. The van der Waals surface area contributed by atoms with Crippen LogP contribution in [0.2, 0.25) is 0 Å². The van der Waals surface area contributed by atoms with Crippen LogP contribution < -0.4 is 14.2 Å². The van der Waals surface area contributed by atoms with Crippen LogP contribution in [0.1, 0.15) is 19.4 Å². The van der Waals surface area contributed by atoms with Gasteiger partial charge in [0.2, 0.25) is 0 Å². The fourth-order valence-corrected chi connectivity index (χ4v) is 3.19. The van der Waals surface area contributed by atoms with Crippen molar-refractivity contribution in [2.24, 2.45) is 0 Å². The van der Waals surface area contributed by atoms with Gasteiger partial charge in [-0.1, -0.05) is 12.1 Å². The summed E-state index contributed by atoms with van der Waals surface area (Å²) in [5.41, 5.74) is 1.50. The minimum absolute atomic E-state index is 0.130. The van der Waals surface area contributed by atoms with Crippen molar-refractivity contribution in [2.75, 3.05) is 17.9 Å². The highest BCUT2D eigenvalue weighted by molar-refractivity contribution is 7.92. The first-order chi connectivity index (χ1) is 11.0. The fraction of sp³-hybridized carbons (Fsp3) is 0.294. The van der Waals surface area contributed by atoms with Gasteiger partial charge in [-0.2, -0.15) is 0 Å². The lowest BCUT2D eigenvalue weighted by molar-refractivity contribution is 0.287. The highest BCUT2D eigenvalue weighted by Gasteiger charge is 2.17. The third kappa shape index (κ3) is 4.39. The molecule has 0 atom stereocenters. The Morgan fingerprint density at radius 1 is 0.957 bits per heavy atom. The van der Waals surface area contributed by atoms with Crippen LogP contribution in [-0.4, -0.2) is 21.6 Å². The molecule has 0 saturated carbocycles. The summed E-state index contributed by atoms with van der Waals surface area (Å²) >= 11 is 0. The van der Waals surface area contributed by atoms with E-state index in [4.69, 9.17) is 9.47 Å². The molecule has 0 amide bonds. The minimum Gasteiger partial charge on any atom is -0.490 e. The molecule has 23 heavy (non-hydrogen) atoms. The molecule has 0 unspecified atom stereocenters. The monoisotopic (exact) mass is 335 g/mol. The summed E-state index contributed by atoms with van der Waals surface area (Å²) in [7, 11) is -3.69. The van der Waals surface area contributed by atoms with Crippen molar-refractivity contribution in [2.45, 2.75) is 25.7 Å². The number of rotatable bonds is 7. The van der Waals surface area contributed by atoms with Gasteiger partial charge in [0, 0.05) is 11.8 Å². The molecule has 0 aromatic heterocycles. The van der Waals surface area contributed by atoms with E-state index < -0.39 is 10.0 Å². The molecule has 2 rings (SSSR count). The van der Waals surface area contributed by atoms with Crippen molar-refractivity contribution in [1.82, 2.24) is 0 Å². The molecule has 0 spiro atoms. The Kier molecular flexibility index (Phi) is 5.50. The third-order valence-electron chi connectivity index (χ3n) is 3.10. The normalized spacial score (nSPS) is 11.1. The second-order valence-electron chi connectivity index (χ2n) is 4.95. The van der Waals surface area contributed by atoms with Gasteiger partial charge in [0.05, 0.1) is 18.1 Å². The topological polar surface area (TPSA) is 64.6 Å². The number of hydrogen-bond acceptors (Lipinski definition) is 4. The van der Waals surface area contributed by atoms with Gasteiger partial charge < -0.3 is 9.47 Å². The predicted molar refractivity (Wildman–Crippen MR) is 90.8 cm³/mol. The van der Waals surface area contributed by atoms with Crippen LogP contribution in [-0.2, 0) is 10.0 Å². The number of nitrogens with one attached hydrogen (secondary N) is 1. The minimum atomic E-state index is -3.69. The Hall–Kier alpha value is -2.21. The van der Waals surface area contributed by atoms with Gasteiger partial charge in [-0.25, -0.2) is 8.42 Å². The maximum absolute atomic E-state index is 12.5. The zero-order valence-electron chi connectivity index (χ0n) is 13.5. The van der Waals surface area contributed by atoms with E-state index in [-0.39, 0.29) is 4.90 Å². The lowest BCUT2D eigenvalue weighted by atomic mass is 10.2. The Bertz CT molecular complexity index is 772. The van der Waals surface area contributed by atoms with Gasteiger partial charge in [0.25, 0.3) is 10.0 Å². The van der Waals surface area contributed by atoms with Gasteiger partial charge in [0.1, 0.15) is 0 Å². The first-order valence-electron chi connectivity index (χ1n) is 7.45. The second-order valence-corrected chi connectivity index (χ2v) is 6.63. The molecule has 0 radical (unpaired) electrons. The lowest BCUT2D eigenvalue weighted by Crippen LogP contribution is -2.13. The van der Waals surface area contributed by atoms with Crippen LogP contribution in [0.3, 0.4) is 0 Å². The van der Waals surface area contributed by atoms with Gasteiger partial charge in [0.15, 0.2) is 11.5 Å². The molecule has 2 aromatic rings. The van der Waals surface area contributed by atoms with Crippen LogP contribution in [0, 0.1) is 6.92 Å². The average molecular weight is 335 g/mol. The molecule has 2 aromatic carbocycles. The summed E-state index contributed by atoms with van der Waals surface area (Å²) in [5, 5.41) is 0. The predicted octanol–water partition coefficient (Wildman–Crippen LogP) is 3.59. The zero-order chi connectivity index (χ0) is 16.9. The molecule has 124 valence electrons. The van der Waals surface area contributed by atoms with E-state index in [1.165, 1.54) is 12.1 Å². The molecule has 0 bridgehead atoms. The van der Waals surface area contributed by atoms with E-state index in [1.807, 2.05) is 26.8 Å². The van der Waals surface area contributed by atoms with Crippen molar-refractivity contribution >= 4 is 15.7 Å². The SMILES string of the molecule is CCOc1ccc(S(=O)(=O)Nc2cccc(C)c2)cc1OCC. The van der Waals surface area contributed by atoms with Crippen LogP contribution in [0.4, 0.5) is 5.69 Å². The largest absolute Gasteiger partial charge is 0.490 e. The molecular formula is C17H21NO4S. The van der Waals surface area contributed by atoms with Crippen LogP contribution in [0.25, 0.3) is 0 Å². The number of benzene rings is 2. The van der Waals surface area contributed by atoms with E-state index in [2.05, 4.69) is 4.72 Å². The molecule has 0 aliphatic heterocycles. The van der Waals surface area contributed by atoms with Crippen molar-refractivity contribution in [3.63, 3.8) is 0 Å². The smallest absolute Gasteiger partial charge is 0.262 e. The molecule has 0 fully saturated rings. The van der Waals surface area contributed by atoms with Crippen LogP contribution >= 0.6 is 0 Å². The van der Waals surface area contributed by atoms with Crippen molar-refractivity contribution < 1.29 is 17.9 Å². The van der Waals surface area contributed by atoms with Crippen LogP contribution in [0.5, 0.6) is 11.5 Å². The number of ether oxygens (including phenoxy) is 2. The van der Waals surface area contributed by atoms with E-state index in [9.17, 15) is 8.42 Å². The molecule has 6 heteroatoms. The molecule has 0 aliphatic carbocycles. The highest BCUT2D eigenvalue weighted by atomic mass is 32.2. The van der Waals surface area contributed by atoms with Gasteiger partial charge in [-0.3, -0.25) is 4.72 Å². The molecule has 1 N–H and O–H groups in total. The summed E-state index contributed by atoms with van der Waals surface area (Å²) in [5.74, 6) is 0.949. The van der Waals surface area contributed by atoms with Gasteiger partial charge in [-0.05, 0) is 50.6 Å². The molecule has 5 nitrogen and oxygen atoms in total. The standard InChI is InChI=1S/C17H21NO4S/c1-4-21-16-10-9-15(12-17(16)22-5-2)23(19,20)18-14-8-6-7-13(3)11-14/h6-12,18H,4-5H2,1-3H3. The number of anilines is 1. The summed E-state index contributed by atoms with van der Waals surface area (Å²) < 4.78 is 38.6. The fourth-order valence-electron chi connectivity index (χ4n) is 2.12. The first kappa shape index (κ1) is 17.1. The highest BCUT2D eigenvalue weighted by Crippen LogP contribution is 2.31. The van der Waals surface area contributed by atoms with Crippen molar-refractivity contribution in [1.29, 1.82) is 0 Å². The maximum Gasteiger partial charge on any atom is 0.262 e. The molecule has 0 saturated heterocycles. The summed E-state index contributed by atoms with van der Waals surface area (Å²) in [4.78, 5) is 0.130. The van der Waals surface area contributed by atoms with E-state index in [0.29, 0.717) is 30.4 Å². The van der Waals surface area contributed by atoms with Gasteiger partial charge in [-0.15, -0.1) is 0 Å². The Morgan fingerprint density at radius 3 is 2.30 bits per heavy atom. The first-order valence-corrected chi connectivity index (χ1v) is 8.93. The summed E-state index contributed by atoms with van der Waals surface area (Å²) in [6.07, 6.45) is 0. The van der Waals surface area contributed by atoms with E-state index in [1.54, 1.807) is 24.3 Å². The molecular weight excluding hydrogens is 314 g/mol. The average Bonchev–Trinajstić information content (AvgIpc) is 2.49. The third-order valence-corrected chi connectivity index (χ3v) is 4.47. The number of sulfonamides is 1. The summed E-state index contributed by atoms with van der Waals surface area (Å²) in [6.45, 7) is 6.51. The Labute approximate surface area is 137 Å². The second kappa shape index (κ2) is 7.37. The zero-order valence-corrected chi connectivity index (χ0v) is 14.3. The van der Waals surface area contributed by atoms with Gasteiger partial charge >= 0.3 is 0 Å². The number of hydrogen-bond donors (Lipinski definition) is 1. The van der Waals surface area contributed by atoms with Crippen molar-refractivity contribution in [3.8, 4) is 11.5 Å². The number of aryl methyl sites for hydroxylation is 1.